The van der Waals surface area contributed by atoms with Crippen LogP contribution >= 0.6 is 0 Å². The maximum atomic E-state index is 13.0. The number of sulfonamides is 1. The molecule has 10 heteroatoms. The van der Waals surface area contributed by atoms with Crippen molar-refractivity contribution in [3.05, 3.63) is 83.4 Å². The summed E-state index contributed by atoms with van der Waals surface area (Å²) >= 11 is 0. The number of carbonyl (C=O) groups is 2. The zero-order chi connectivity index (χ0) is 25.4. The van der Waals surface area contributed by atoms with E-state index in [-0.39, 0.29) is 22.6 Å². The van der Waals surface area contributed by atoms with Crippen LogP contribution in [-0.2, 0) is 27.7 Å². The molecule has 0 heterocycles. The Hall–Kier alpha value is -4.05. The first-order chi connectivity index (χ1) is 16.7. The molecule has 3 rings (SSSR count). The fraction of sp³-hybridized carbons (Fsp3) is 0.200. The molecule has 0 spiro atoms. The van der Waals surface area contributed by atoms with Crippen LogP contribution in [0.3, 0.4) is 0 Å². The number of benzene rings is 3. The maximum absolute atomic E-state index is 13.0. The van der Waals surface area contributed by atoms with Gasteiger partial charge in [-0.25, -0.2) is 8.42 Å². The number of hydrogen-bond acceptors (Lipinski definition) is 6. The van der Waals surface area contributed by atoms with E-state index in [1.54, 1.807) is 43.5 Å². The number of hydrazine groups is 1. The van der Waals surface area contributed by atoms with E-state index in [9.17, 15) is 18.0 Å². The molecule has 0 fully saturated rings. The van der Waals surface area contributed by atoms with Crippen LogP contribution < -0.4 is 25.0 Å². The number of nitrogens with one attached hydrogen (secondary N) is 3. The Labute approximate surface area is 204 Å². The Morgan fingerprint density at radius 1 is 0.829 bits per heavy atom. The van der Waals surface area contributed by atoms with Gasteiger partial charge in [0.2, 0.25) is 5.91 Å². The zero-order valence-electron chi connectivity index (χ0n) is 19.6. The monoisotopic (exact) mass is 497 g/mol. The minimum atomic E-state index is -4.06. The Bertz CT molecular complexity index is 1290. The molecule has 0 saturated heterocycles. The third-order valence-corrected chi connectivity index (χ3v) is 6.57. The summed E-state index contributed by atoms with van der Waals surface area (Å²) in [5.41, 5.74) is 6.83. The molecular weight excluding hydrogens is 470 g/mol. The van der Waals surface area contributed by atoms with Gasteiger partial charge in [0.1, 0.15) is 16.4 Å². The van der Waals surface area contributed by atoms with E-state index >= 15 is 0 Å². The second kappa shape index (κ2) is 11.4. The predicted octanol–water partition coefficient (Wildman–Crippen LogP) is 3.07. The Balaban J connectivity index is 1.70. The van der Waals surface area contributed by atoms with E-state index in [1.165, 1.54) is 25.3 Å². The highest BCUT2D eigenvalue weighted by molar-refractivity contribution is 7.92. The van der Waals surface area contributed by atoms with Crippen molar-refractivity contribution < 1.29 is 27.5 Å². The van der Waals surface area contributed by atoms with E-state index < -0.39 is 21.8 Å². The summed E-state index contributed by atoms with van der Waals surface area (Å²) in [6.07, 6.45) is 0.863. The zero-order valence-corrected chi connectivity index (χ0v) is 20.4. The first kappa shape index (κ1) is 25.6. The van der Waals surface area contributed by atoms with Crippen molar-refractivity contribution in [2.75, 3.05) is 18.9 Å². The molecule has 9 nitrogen and oxygen atoms in total. The molecule has 0 aromatic heterocycles. The molecule has 0 bridgehead atoms. The van der Waals surface area contributed by atoms with E-state index in [0.29, 0.717) is 11.4 Å². The first-order valence-electron chi connectivity index (χ1n) is 10.8. The lowest BCUT2D eigenvalue weighted by Crippen LogP contribution is -2.42. The van der Waals surface area contributed by atoms with Crippen molar-refractivity contribution >= 4 is 27.5 Å². The molecule has 0 unspecified atom stereocenters. The Morgan fingerprint density at radius 2 is 1.49 bits per heavy atom. The lowest BCUT2D eigenvalue weighted by Gasteiger charge is -2.14. The minimum absolute atomic E-state index is 0.0252. The molecule has 0 aliphatic heterocycles. The number of amides is 2. The van der Waals surface area contributed by atoms with Gasteiger partial charge < -0.3 is 9.47 Å². The molecule has 3 aromatic carbocycles. The highest BCUT2D eigenvalue weighted by Gasteiger charge is 2.22. The number of rotatable bonds is 9. The molecule has 35 heavy (non-hydrogen) atoms. The third-order valence-electron chi connectivity index (χ3n) is 5.17. The summed E-state index contributed by atoms with van der Waals surface area (Å²) < 4.78 is 38.8. The number of hydrogen-bond donors (Lipinski definition) is 3. The standard InChI is InChI=1S/C25H27N3O6S/c1-4-17-5-10-20(11-6-17)28-35(31,32)23-16-19(9-14-22(23)34-3)25(30)27-26-24(29)15-18-7-12-21(33-2)13-8-18/h5-14,16,28H,4,15H2,1-3H3,(H,26,29)(H,27,30). The highest BCUT2D eigenvalue weighted by atomic mass is 32.2. The maximum Gasteiger partial charge on any atom is 0.269 e. The van der Waals surface area contributed by atoms with Gasteiger partial charge in [-0.1, -0.05) is 31.2 Å². The fourth-order valence-corrected chi connectivity index (χ4v) is 4.47. The van der Waals surface area contributed by atoms with Crippen molar-refractivity contribution in [1.82, 2.24) is 10.9 Å². The van der Waals surface area contributed by atoms with Crippen LogP contribution in [0.25, 0.3) is 0 Å². The van der Waals surface area contributed by atoms with Crippen LogP contribution in [0.5, 0.6) is 11.5 Å². The van der Waals surface area contributed by atoms with Crippen LogP contribution in [0.15, 0.2) is 71.6 Å². The summed E-state index contributed by atoms with van der Waals surface area (Å²) in [7, 11) is -1.18. The van der Waals surface area contributed by atoms with E-state index in [0.717, 1.165) is 17.5 Å². The third kappa shape index (κ3) is 6.73. The lowest BCUT2D eigenvalue weighted by molar-refractivity contribution is -0.121. The molecule has 3 aromatic rings. The summed E-state index contributed by atoms with van der Waals surface area (Å²) in [6, 6.07) is 17.9. The quantitative estimate of drug-likeness (QED) is 0.391. The summed E-state index contributed by atoms with van der Waals surface area (Å²) in [6.45, 7) is 2.00. The van der Waals surface area contributed by atoms with Gasteiger partial charge in [0.25, 0.3) is 15.9 Å². The van der Waals surface area contributed by atoms with Gasteiger partial charge in [-0.15, -0.1) is 0 Å². The molecule has 2 amide bonds. The molecular formula is C25H27N3O6S. The van der Waals surface area contributed by atoms with E-state index in [2.05, 4.69) is 15.6 Å². The second-order valence-electron chi connectivity index (χ2n) is 7.55. The normalized spacial score (nSPS) is 10.8. The van der Waals surface area contributed by atoms with Gasteiger partial charge >= 0.3 is 0 Å². The molecule has 3 N–H and O–H groups in total. The van der Waals surface area contributed by atoms with Crippen molar-refractivity contribution in [2.24, 2.45) is 0 Å². The van der Waals surface area contributed by atoms with E-state index in [1.807, 2.05) is 19.1 Å². The fourth-order valence-electron chi connectivity index (χ4n) is 3.22. The van der Waals surface area contributed by atoms with Crippen molar-refractivity contribution in [2.45, 2.75) is 24.7 Å². The van der Waals surface area contributed by atoms with Gasteiger partial charge in [0.15, 0.2) is 0 Å². The number of carbonyl (C=O) groups excluding carboxylic acids is 2. The summed E-state index contributed by atoms with van der Waals surface area (Å²) in [4.78, 5) is 24.6. The molecule has 0 radical (unpaired) electrons. The number of ether oxygens (including phenoxy) is 2. The van der Waals surface area contributed by atoms with Crippen molar-refractivity contribution in [3.63, 3.8) is 0 Å². The van der Waals surface area contributed by atoms with Gasteiger partial charge in [0.05, 0.1) is 20.6 Å². The topological polar surface area (TPSA) is 123 Å². The van der Waals surface area contributed by atoms with Crippen LogP contribution in [0.2, 0.25) is 0 Å². The number of methoxy groups -OCH3 is 2. The van der Waals surface area contributed by atoms with Gasteiger partial charge in [0, 0.05) is 11.3 Å². The minimum Gasteiger partial charge on any atom is -0.497 e. The average Bonchev–Trinajstić information content (AvgIpc) is 2.87. The average molecular weight is 498 g/mol. The smallest absolute Gasteiger partial charge is 0.269 e. The Morgan fingerprint density at radius 3 is 2.09 bits per heavy atom. The molecule has 0 aliphatic rings. The van der Waals surface area contributed by atoms with Crippen LogP contribution in [0.1, 0.15) is 28.4 Å². The summed E-state index contributed by atoms with van der Waals surface area (Å²) in [5.74, 6) is -0.385. The SMILES string of the molecule is CCc1ccc(NS(=O)(=O)c2cc(C(=O)NNC(=O)Cc3ccc(OC)cc3)ccc2OC)cc1. The van der Waals surface area contributed by atoms with Gasteiger partial charge in [-0.05, 0) is 60.0 Å². The van der Waals surface area contributed by atoms with Crippen molar-refractivity contribution in [3.8, 4) is 11.5 Å². The Kier molecular flexibility index (Phi) is 8.32. The van der Waals surface area contributed by atoms with Crippen LogP contribution in [0, 0.1) is 0 Å². The van der Waals surface area contributed by atoms with Crippen molar-refractivity contribution in [1.29, 1.82) is 0 Å². The summed E-state index contributed by atoms with van der Waals surface area (Å²) in [5, 5.41) is 0. The lowest BCUT2D eigenvalue weighted by atomic mass is 10.1. The number of aryl methyl sites for hydroxylation is 1. The van der Waals surface area contributed by atoms with Crippen LogP contribution in [0.4, 0.5) is 5.69 Å². The van der Waals surface area contributed by atoms with E-state index in [4.69, 9.17) is 9.47 Å². The van der Waals surface area contributed by atoms with Gasteiger partial charge in [-0.2, -0.15) is 0 Å². The number of anilines is 1. The molecule has 0 aliphatic carbocycles. The first-order valence-corrected chi connectivity index (χ1v) is 12.3. The molecule has 184 valence electrons. The predicted molar refractivity (Wildman–Crippen MR) is 132 cm³/mol. The largest absolute Gasteiger partial charge is 0.497 e. The van der Waals surface area contributed by atoms with Crippen LogP contribution in [-0.4, -0.2) is 34.5 Å². The molecule has 0 saturated carbocycles. The second-order valence-corrected chi connectivity index (χ2v) is 9.20. The van der Waals surface area contributed by atoms with Gasteiger partial charge in [-0.3, -0.25) is 25.2 Å². The highest BCUT2D eigenvalue weighted by Crippen LogP contribution is 2.27. The molecule has 0 atom stereocenters.